The lowest BCUT2D eigenvalue weighted by molar-refractivity contribution is 0.174. The van der Waals surface area contributed by atoms with E-state index in [9.17, 15) is 8.42 Å². The molecule has 1 aromatic heterocycles. The summed E-state index contributed by atoms with van der Waals surface area (Å²) >= 11 is 0. The van der Waals surface area contributed by atoms with Gasteiger partial charge in [0.25, 0.3) is 10.0 Å². The number of benzene rings is 2. The Bertz CT molecular complexity index is 1070. The van der Waals surface area contributed by atoms with E-state index >= 15 is 0 Å². The fraction of sp³-hybridized carbons (Fsp3) is 0.150. The summed E-state index contributed by atoms with van der Waals surface area (Å²) in [6.45, 7) is 0.216. The summed E-state index contributed by atoms with van der Waals surface area (Å²) < 4.78 is 44.1. The lowest BCUT2D eigenvalue weighted by Gasteiger charge is -2.25. The van der Waals surface area contributed by atoms with Gasteiger partial charge in [-0.1, -0.05) is 6.07 Å². The quantitative estimate of drug-likeness (QED) is 0.635. The Kier molecular flexibility index (Phi) is 4.79. The van der Waals surface area contributed by atoms with Gasteiger partial charge < -0.3 is 14.2 Å². The second-order valence-corrected chi connectivity index (χ2v) is 7.95. The first-order valence-corrected chi connectivity index (χ1v) is 9.97. The molecule has 7 nitrogen and oxygen atoms in total. The van der Waals surface area contributed by atoms with Crippen molar-refractivity contribution in [1.29, 1.82) is 0 Å². The molecule has 0 radical (unpaired) electrons. The molecule has 1 aliphatic heterocycles. The van der Waals surface area contributed by atoms with E-state index in [-0.39, 0.29) is 18.2 Å². The van der Waals surface area contributed by atoms with Crippen molar-refractivity contribution in [3.8, 4) is 17.2 Å². The maximum Gasteiger partial charge on any atom is 0.264 e. The van der Waals surface area contributed by atoms with E-state index in [0.29, 0.717) is 22.9 Å². The number of hydrogen-bond acceptors (Lipinski definition) is 6. The summed E-state index contributed by atoms with van der Waals surface area (Å²) in [6.07, 6.45) is 3.29. The molecule has 28 heavy (non-hydrogen) atoms. The number of methoxy groups -OCH3 is 1. The number of rotatable bonds is 6. The van der Waals surface area contributed by atoms with Crippen molar-refractivity contribution in [2.75, 3.05) is 18.2 Å². The molecule has 0 unspecified atom stereocenters. The summed E-state index contributed by atoms with van der Waals surface area (Å²) in [5, 5.41) is 0. The first kappa shape index (κ1) is 18.1. The number of pyridine rings is 1. The summed E-state index contributed by atoms with van der Waals surface area (Å²) in [5.41, 5.74) is 1.28. The second-order valence-electron chi connectivity index (χ2n) is 6.09. The minimum Gasteiger partial charge on any atom is -0.497 e. The standard InChI is InChI=1S/C20H18N2O5S/c1-25-17-6-4-16(5-7-17)22(13-15-3-2-10-21-12-15)28(23,24)18-8-9-19-20(11-18)27-14-26-19/h2-12H,13-14H2,1H3. The molecule has 1 aliphatic rings. The minimum atomic E-state index is -3.86. The zero-order chi connectivity index (χ0) is 19.6. The maximum atomic E-state index is 13.5. The van der Waals surface area contributed by atoms with Crippen LogP contribution in [0.3, 0.4) is 0 Å². The number of anilines is 1. The van der Waals surface area contributed by atoms with Crippen LogP contribution in [0.5, 0.6) is 17.2 Å². The Morgan fingerprint density at radius 3 is 2.57 bits per heavy atom. The fourth-order valence-electron chi connectivity index (χ4n) is 2.89. The molecule has 0 bridgehead atoms. The van der Waals surface area contributed by atoms with Gasteiger partial charge in [-0.15, -0.1) is 0 Å². The van der Waals surface area contributed by atoms with Crippen LogP contribution in [0.4, 0.5) is 5.69 Å². The SMILES string of the molecule is COc1ccc(N(Cc2cccnc2)S(=O)(=O)c2ccc3c(c2)OCO3)cc1. The molecular weight excluding hydrogens is 380 g/mol. The van der Waals surface area contributed by atoms with Crippen LogP contribution >= 0.6 is 0 Å². The highest BCUT2D eigenvalue weighted by Gasteiger charge is 2.27. The summed E-state index contributed by atoms with van der Waals surface area (Å²) in [6, 6.07) is 15.1. The molecule has 8 heteroatoms. The van der Waals surface area contributed by atoms with E-state index in [2.05, 4.69) is 4.98 Å². The van der Waals surface area contributed by atoms with Gasteiger partial charge in [-0.2, -0.15) is 0 Å². The van der Waals surface area contributed by atoms with E-state index in [1.54, 1.807) is 55.9 Å². The Morgan fingerprint density at radius 1 is 1.07 bits per heavy atom. The highest BCUT2D eigenvalue weighted by Crippen LogP contribution is 2.36. The minimum absolute atomic E-state index is 0.0801. The Balaban J connectivity index is 1.76. The molecule has 0 amide bonds. The third-order valence-corrected chi connectivity index (χ3v) is 6.11. The molecule has 0 N–H and O–H groups in total. The van der Waals surface area contributed by atoms with Gasteiger partial charge in [-0.3, -0.25) is 9.29 Å². The number of aromatic nitrogens is 1. The van der Waals surface area contributed by atoms with Crippen LogP contribution in [-0.4, -0.2) is 27.3 Å². The van der Waals surface area contributed by atoms with Crippen LogP contribution < -0.4 is 18.5 Å². The van der Waals surface area contributed by atoms with Gasteiger partial charge in [-0.05, 0) is 48.0 Å². The highest BCUT2D eigenvalue weighted by atomic mass is 32.2. The molecule has 4 rings (SSSR count). The molecule has 144 valence electrons. The fourth-order valence-corrected chi connectivity index (χ4v) is 4.35. The molecule has 3 aromatic rings. The lowest BCUT2D eigenvalue weighted by Crippen LogP contribution is -2.30. The van der Waals surface area contributed by atoms with E-state index in [0.717, 1.165) is 5.56 Å². The third-order valence-electron chi connectivity index (χ3n) is 4.34. The average molecular weight is 398 g/mol. The van der Waals surface area contributed by atoms with Crippen LogP contribution in [-0.2, 0) is 16.6 Å². The first-order valence-electron chi connectivity index (χ1n) is 8.53. The van der Waals surface area contributed by atoms with E-state index in [1.807, 2.05) is 6.07 Å². The number of hydrogen-bond donors (Lipinski definition) is 0. The summed E-state index contributed by atoms with van der Waals surface area (Å²) in [4.78, 5) is 4.20. The average Bonchev–Trinajstić information content (AvgIpc) is 3.21. The second kappa shape index (κ2) is 7.40. The van der Waals surface area contributed by atoms with Gasteiger partial charge in [0.05, 0.1) is 24.2 Å². The van der Waals surface area contributed by atoms with Crippen LogP contribution in [0.2, 0.25) is 0 Å². The summed E-state index contributed by atoms with van der Waals surface area (Å²) in [7, 11) is -2.30. The van der Waals surface area contributed by atoms with E-state index < -0.39 is 10.0 Å². The van der Waals surface area contributed by atoms with Crippen molar-refractivity contribution in [3.05, 3.63) is 72.6 Å². The molecule has 0 spiro atoms. The predicted octanol–water partition coefficient (Wildman–Crippen LogP) is 3.21. The molecule has 0 atom stereocenters. The topological polar surface area (TPSA) is 78.0 Å². The highest BCUT2D eigenvalue weighted by molar-refractivity contribution is 7.92. The van der Waals surface area contributed by atoms with Gasteiger partial charge in [0.1, 0.15) is 5.75 Å². The third kappa shape index (κ3) is 3.46. The number of nitrogens with zero attached hydrogens (tertiary/aromatic N) is 2. The van der Waals surface area contributed by atoms with Crippen LogP contribution in [0.15, 0.2) is 71.9 Å². The van der Waals surface area contributed by atoms with Crippen molar-refractivity contribution in [2.24, 2.45) is 0 Å². The van der Waals surface area contributed by atoms with Gasteiger partial charge >= 0.3 is 0 Å². The molecule has 0 saturated carbocycles. The van der Waals surface area contributed by atoms with Crippen LogP contribution in [0.25, 0.3) is 0 Å². The maximum absolute atomic E-state index is 13.5. The number of sulfonamides is 1. The Labute approximate surface area is 163 Å². The van der Waals surface area contributed by atoms with Crippen molar-refractivity contribution in [2.45, 2.75) is 11.4 Å². The molecule has 2 heterocycles. The van der Waals surface area contributed by atoms with Crippen LogP contribution in [0.1, 0.15) is 5.56 Å². The van der Waals surface area contributed by atoms with Crippen molar-refractivity contribution in [1.82, 2.24) is 4.98 Å². The molecule has 0 aliphatic carbocycles. The summed E-state index contributed by atoms with van der Waals surface area (Å²) in [5.74, 6) is 1.59. The van der Waals surface area contributed by atoms with Gasteiger partial charge in [0.2, 0.25) is 6.79 Å². The largest absolute Gasteiger partial charge is 0.497 e. The Hall–Kier alpha value is -3.26. The van der Waals surface area contributed by atoms with Gasteiger partial charge in [0, 0.05) is 18.5 Å². The zero-order valence-corrected chi connectivity index (χ0v) is 15.9. The normalized spacial score (nSPS) is 12.6. The van der Waals surface area contributed by atoms with E-state index in [4.69, 9.17) is 14.2 Å². The van der Waals surface area contributed by atoms with Crippen molar-refractivity contribution in [3.63, 3.8) is 0 Å². The molecule has 0 saturated heterocycles. The monoisotopic (exact) mass is 398 g/mol. The van der Waals surface area contributed by atoms with Crippen molar-refractivity contribution >= 4 is 15.7 Å². The van der Waals surface area contributed by atoms with E-state index in [1.165, 1.54) is 16.4 Å². The molecule has 0 fully saturated rings. The smallest absolute Gasteiger partial charge is 0.264 e. The van der Waals surface area contributed by atoms with Gasteiger partial charge in [0.15, 0.2) is 11.5 Å². The molecular formula is C20H18N2O5S. The van der Waals surface area contributed by atoms with Gasteiger partial charge in [-0.25, -0.2) is 8.42 Å². The molecule has 2 aromatic carbocycles. The number of fused-ring (bicyclic) bond motifs is 1. The predicted molar refractivity (Wildman–Crippen MR) is 103 cm³/mol. The lowest BCUT2D eigenvalue weighted by atomic mass is 10.2. The van der Waals surface area contributed by atoms with Crippen molar-refractivity contribution < 1.29 is 22.6 Å². The van der Waals surface area contributed by atoms with Crippen LogP contribution in [0, 0.1) is 0 Å². The Morgan fingerprint density at radius 2 is 1.86 bits per heavy atom. The zero-order valence-electron chi connectivity index (χ0n) is 15.1. The first-order chi connectivity index (χ1) is 13.6. The number of ether oxygens (including phenoxy) is 3.